The van der Waals surface area contributed by atoms with Crippen LogP contribution in [0.1, 0.15) is 30.8 Å². The Labute approximate surface area is 159 Å². The molecule has 7 heteroatoms. The third-order valence-electron chi connectivity index (χ3n) is 4.97. The van der Waals surface area contributed by atoms with Crippen molar-refractivity contribution in [3.05, 3.63) is 23.9 Å². The molecule has 2 atom stereocenters. The van der Waals surface area contributed by atoms with Gasteiger partial charge in [0.15, 0.2) is 0 Å². The first-order valence-electron chi connectivity index (χ1n) is 9.22. The van der Waals surface area contributed by atoms with Crippen LogP contribution in [0.2, 0.25) is 0 Å². The molecule has 146 valence electrons. The molecule has 2 unspecified atom stereocenters. The number of H-pyrrole nitrogens is 1. The predicted octanol–water partition coefficient (Wildman–Crippen LogP) is 2.88. The molecule has 1 aromatic heterocycles. The number of ether oxygens (including phenoxy) is 2. The van der Waals surface area contributed by atoms with Crippen LogP contribution in [0.15, 0.2) is 18.2 Å². The summed E-state index contributed by atoms with van der Waals surface area (Å²) >= 11 is 0. The van der Waals surface area contributed by atoms with Gasteiger partial charge in [-0.15, -0.1) is 0 Å². The summed E-state index contributed by atoms with van der Waals surface area (Å²) in [5, 5.41) is 3.57. The van der Waals surface area contributed by atoms with Crippen molar-refractivity contribution in [3.63, 3.8) is 0 Å². The summed E-state index contributed by atoms with van der Waals surface area (Å²) in [4.78, 5) is 30.1. The lowest BCUT2D eigenvalue weighted by Gasteiger charge is -2.34. The maximum absolute atomic E-state index is 12.7. The highest BCUT2D eigenvalue weighted by Crippen LogP contribution is 2.35. The molecular weight excluding hydrogens is 346 g/mol. The zero-order chi connectivity index (χ0) is 19.6. The minimum atomic E-state index is -0.538. The molecule has 1 fully saturated rings. The van der Waals surface area contributed by atoms with Gasteiger partial charge in [-0.1, -0.05) is 19.9 Å². The molecule has 1 aromatic carbocycles. The molecule has 0 aliphatic carbocycles. The minimum Gasteiger partial charge on any atom is -0.496 e. The van der Waals surface area contributed by atoms with Crippen LogP contribution in [-0.2, 0) is 9.53 Å². The number of amides is 1. The Balaban J connectivity index is 1.88. The second-order valence-corrected chi connectivity index (χ2v) is 7.44. The van der Waals surface area contributed by atoms with Crippen LogP contribution in [0.3, 0.4) is 0 Å². The Bertz CT molecular complexity index is 835. The number of methoxy groups -OCH3 is 2. The molecule has 0 radical (unpaired) electrons. The summed E-state index contributed by atoms with van der Waals surface area (Å²) in [6, 6.07) is 5.44. The largest absolute Gasteiger partial charge is 0.496 e. The van der Waals surface area contributed by atoms with Crippen LogP contribution in [0.5, 0.6) is 5.75 Å². The van der Waals surface area contributed by atoms with Crippen molar-refractivity contribution in [3.8, 4) is 5.75 Å². The molecule has 1 amide bonds. The molecule has 27 heavy (non-hydrogen) atoms. The van der Waals surface area contributed by atoms with Gasteiger partial charge in [-0.25, -0.2) is 4.79 Å². The van der Waals surface area contributed by atoms with Crippen molar-refractivity contribution < 1.29 is 19.1 Å². The Morgan fingerprint density at radius 1 is 1.22 bits per heavy atom. The number of hydrogen-bond acceptors (Lipinski definition) is 5. The van der Waals surface area contributed by atoms with E-state index in [0.717, 1.165) is 13.1 Å². The van der Waals surface area contributed by atoms with E-state index in [9.17, 15) is 9.59 Å². The molecule has 3 rings (SSSR count). The molecule has 2 aromatic rings. The molecule has 1 aliphatic heterocycles. The number of anilines is 1. The third-order valence-corrected chi connectivity index (χ3v) is 4.97. The number of aromatic amines is 1. The van der Waals surface area contributed by atoms with Crippen molar-refractivity contribution >= 4 is 28.5 Å². The zero-order valence-corrected chi connectivity index (χ0v) is 16.3. The predicted molar refractivity (Wildman–Crippen MR) is 104 cm³/mol. The van der Waals surface area contributed by atoms with Crippen LogP contribution >= 0.6 is 0 Å². The second-order valence-electron chi connectivity index (χ2n) is 7.44. The molecule has 7 nitrogen and oxygen atoms in total. The molecule has 2 heterocycles. The standard InChI is InChI=1S/C20H27N3O4/c1-12-8-13(2)10-23(9-12)11-16(24)22-18-17-14(6-5-7-15(17)26-3)21-19(18)20(25)27-4/h5-7,12-13,21H,8-11H2,1-4H3,(H,22,24). The number of piperidine rings is 1. The Hall–Kier alpha value is -2.54. The van der Waals surface area contributed by atoms with E-state index in [-0.39, 0.29) is 18.1 Å². The summed E-state index contributed by atoms with van der Waals surface area (Å²) in [6.45, 7) is 6.51. The summed E-state index contributed by atoms with van der Waals surface area (Å²) in [6.07, 6.45) is 1.18. The fourth-order valence-corrected chi connectivity index (χ4v) is 4.07. The molecular formula is C20H27N3O4. The summed E-state index contributed by atoms with van der Waals surface area (Å²) < 4.78 is 10.3. The molecule has 0 saturated carbocycles. The summed E-state index contributed by atoms with van der Waals surface area (Å²) in [7, 11) is 2.87. The smallest absolute Gasteiger partial charge is 0.356 e. The van der Waals surface area contributed by atoms with E-state index in [1.165, 1.54) is 13.5 Å². The van der Waals surface area contributed by atoms with E-state index in [2.05, 4.69) is 29.0 Å². The Morgan fingerprint density at radius 2 is 1.93 bits per heavy atom. The normalized spacial score (nSPS) is 20.4. The number of carbonyl (C=O) groups excluding carboxylic acids is 2. The Kier molecular flexibility index (Phi) is 5.70. The summed E-state index contributed by atoms with van der Waals surface area (Å²) in [5.41, 5.74) is 1.31. The van der Waals surface area contributed by atoms with Gasteiger partial charge in [0.05, 0.1) is 37.4 Å². The lowest BCUT2D eigenvalue weighted by atomic mass is 9.92. The second kappa shape index (κ2) is 8.00. The number of esters is 1. The maximum atomic E-state index is 12.7. The number of carbonyl (C=O) groups is 2. The number of nitrogens with zero attached hydrogens (tertiary/aromatic N) is 1. The van der Waals surface area contributed by atoms with Crippen LogP contribution in [0, 0.1) is 11.8 Å². The molecule has 1 aliphatic rings. The SMILES string of the molecule is COC(=O)c1[nH]c2cccc(OC)c2c1NC(=O)CN1CC(C)CC(C)C1. The van der Waals surface area contributed by atoms with Crippen LogP contribution in [0.25, 0.3) is 10.9 Å². The van der Waals surface area contributed by atoms with Crippen LogP contribution in [0.4, 0.5) is 5.69 Å². The zero-order valence-electron chi connectivity index (χ0n) is 16.3. The Morgan fingerprint density at radius 3 is 2.56 bits per heavy atom. The first-order valence-corrected chi connectivity index (χ1v) is 9.22. The first kappa shape index (κ1) is 19.2. The number of likely N-dealkylation sites (tertiary alicyclic amines) is 1. The van der Waals surface area contributed by atoms with Gasteiger partial charge >= 0.3 is 5.97 Å². The van der Waals surface area contributed by atoms with Gasteiger partial charge in [0.25, 0.3) is 0 Å². The lowest BCUT2D eigenvalue weighted by molar-refractivity contribution is -0.117. The van der Waals surface area contributed by atoms with Gasteiger partial charge in [-0.3, -0.25) is 9.69 Å². The highest BCUT2D eigenvalue weighted by molar-refractivity contribution is 6.13. The van der Waals surface area contributed by atoms with Gasteiger partial charge in [0.1, 0.15) is 11.4 Å². The van der Waals surface area contributed by atoms with E-state index in [4.69, 9.17) is 9.47 Å². The molecule has 0 spiro atoms. The van der Waals surface area contributed by atoms with Gasteiger partial charge in [0, 0.05) is 13.1 Å². The molecule has 0 bridgehead atoms. The molecule has 1 saturated heterocycles. The average Bonchev–Trinajstić information content (AvgIpc) is 2.98. The number of hydrogen-bond donors (Lipinski definition) is 2. The fourth-order valence-electron chi connectivity index (χ4n) is 4.07. The van der Waals surface area contributed by atoms with Crippen molar-refractivity contribution in [2.75, 3.05) is 39.2 Å². The van der Waals surface area contributed by atoms with Crippen LogP contribution in [-0.4, -0.2) is 55.6 Å². The third kappa shape index (κ3) is 4.08. The van der Waals surface area contributed by atoms with Gasteiger partial charge < -0.3 is 19.8 Å². The topological polar surface area (TPSA) is 83.7 Å². The van der Waals surface area contributed by atoms with E-state index < -0.39 is 5.97 Å². The van der Waals surface area contributed by atoms with Crippen molar-refractivity contribution in [2.24, 2.45) is 11.8 Å². The van der Waals surface area contributed by atoms with Crippen molar-refractivity contribution in [1.29, 1.82) is 0 Å². The maximum Gasteiger partial charge on any atom is 0.356 e. The minimum absolute atomic E-state index is 0.159. The van der Waals surface area contributed by atoms with E-state index in [1.807, 2.05) is 12.1 Å². The number of aromatic nitrogens is 1. The van der Waals surface area contributed by atoms with Crippen molar-refractivity contribution in [2.45, 2.75) is 20.3 Å². The van der Waals surface area contributed by atoms with Gasteiger partial charge in [-0.05, 0) is 30.4 Å². The highest BCUT2D eigenvalue weighted by Gasteiger charge is 2.26. The molecule has 2 N–H and O–H groups in total. The van der Waals surface area contributed by atoms with E-state index >= 15 is 0 Å². The van der Waals surface area contributed by atoms with Gasteiger partial charge in [-0.2, -0.15) is 0 Å². The summed E-state index contributed by atoms with van der Waals surface area (Å²) in [5.74, 6) is 1.02. The van der Waals surface area contributed by atoms with Gasteiger partial charge in [0.2, 0.25) is 5.91 Å². The quantitative estimate of drug-likeness (QED) is 0.788. The number of fused-ring (bicyclic) bond motifs is 1. The van der Waals surface area contributed by atoms with Crippen LogP contribution < -0.4 is 10.1 Å². The highest BCUT2D eigenvalue weighted by atomic mass is 16.5. The van der Waals surface area contributed by atoms with Crippen molar-refractivity contribution in [1.82, 2.24) is 9.88 Å². The monoisotopic (exact) mass is 373 g/mol. The van der Waals surface area contributed by atoms with E-state index in [1.54, 1.807) is 13.2 Å². The average molecular weight is 373 g/mol. The number of benzene rings is 1. The fraction of sp³-hybridized carbons (Fsp3) is 0.500. The number of nitrogens with one attached hydrogen (secondary N) is 2. The first-order chi connectivity index (χ1) is 12.9. The lowest BCUT2D eigenvalue weighted by Crippen LogP contribution is -2.42. The number of rotatable bonds is 5. The van der Waals surface area contributed by atoms with E-state index in [0.29, 0.717) is 34.2 Å².